The lowest BCUT2D eigenvalue weighted by Gasteiger charge is -2.24. The Bertz CT molecular complexity index is 385. The van der Waals surface area contributed by atoms with Crippen LogP contribution in [0, 0.1) is 12.8 Å². The van der Waals surface area contributed by atoms with Crippen LogP contribution in [-0.4, -0.2) is 35.6 Å². The maximum absolute atomic E-state index is 5.71. The molecule has 5 heteroatoms. The zero-order valence-electron chi connectivity index (χ0n) is 10.2. The van der Waals surface area contributed by atoms with Crippen LogP contribution in [0.25, 0.3) is 0 Å². The molecule has 17 heavy (non-hydrogen) atoms. The Morgan fingerprint density at radius 1 is 1.41 bits per heavy atom. The van der Waals surface area contributed by atoms with Crippen molar-refractivity contribution in [3.63, 3.8) is 0 Å². The maximum atomic E-state index is 5.71. The number of hydrogen-bond acceptors (Lipinski definition) is 5. The highest BCUT2D eigenvalue weighted by Gasteiger charge is 2.34. The Morgan fingerprint density at radius 3 is 3.06 bits per heavy atom. The molecule has 5 nitrogen and oxygen atoms in total. The van der Waals surface area contributed by atoms with Crippen molar-refractivity contribution in [1.82, 2.24) is 15.3 Å². The van der Waals surface area contributed by atoms with Crippen LogP contribution in [0.5, 0.6) is 0 Å². The molecule has 92 valence electrons. The highest BCUT2D eigenvalue weighted by Crippen LogP contribution is 2.28. The molecule has 1 aromatic heterocycles. The summed E-state index contributed by atoms with van der Waals surface area (Å²) < 4.78 is 0. The molecule has 0 saturated carbocycles. The summed E-state index contributed by atoms with van der Waals surface area (Å²) in [7, 11) is 0. The van der Waals surface area contributed by atoms with E-state index in [0.717, 1.165) is 37.1 Å². The second kappa shape index (κ2) is 4.14. The van der Waals surface area contributed by atoms with E-state index in [2.05, 4.69) is 20.2 Å². The number of nitrogens with zero attached hydrogens (tertiary/aromatic N) is 3. The van der Waals surface area contributed by atoms with E-state index in [1.807, 2.05) is 13.0 Å². The van der Waals surface area contributed by atoms with E-state index in [-0.39, 0.29) is 0 Å². The largest absolute Gasteiger partial charge is 0.368 e. The minimum atomic E-state index is 0.378. The molecule has 0 bridgehead atoms. The van der Waals surface area contributed by atoms with Crippen LogP contribution in [0.2, 0.25) is 0 Å². The van der Waals surface area contributed by atoms with Crippen LogP contribution >= 0.6 is 0 Å². The van der Waals surface area contributed by atoms with Gasteiger partial charge in [-0.1, -0.05) is 0 Å². The molecule has 3 heterocycles. The normalized spacial score (nSPS) is 28.2. The highest BCUT2D eigenvalue weighted by atomic mass is 15.3. The fraction of sp³-hybridized carbons (Fsp3) is 0.667. The van der Waals surface area contributed by atoms with Gasteiger partial charge >= 0.3 is 0 Å². The number of rotatable bonds is 1. The van der Waals surface area contributed by atoms with Gasteiger partial charge in [0.2, 0.25) is 5.95 Å². The van der Waals surface area contributed by atoms with Gasteiger partial charge < -0.3 is 16.0 Å². The SMILES string of the molecule is Cc1cc(N2C[C@@H]3CCCN[C@@H]3C2)nc(N)n1. The first kappa shape index (κ1) is 10.8. The summed E-state index contributed by atoms with van der Waals surface area (Å²) in [5, 5.41) is 3.59. The van der Waals surface area contributed by atoms with Gasteiger partial charge in [0, 0.05) is 30.9 Å². The molecule has 0 amide bonds. The van der Waals surface area contributed by atoms with Crippen LogP contribution in [-0.2, 0) is 0 Å². The number of nitrogens with one attached hydrogen (secondary N) is 1. The number of hydrogen-bond donors (Lipinski definition) is 2. The summed E-state index contributed by atoms with van der Waals surface area (Å²) >= 11 is 0. The van der Waals surface area contributed by atoms with Crippen molar-refractivity contribution in [2.75, 3.05) is 30.3 Å². The number of aromatic nitrogens is 2. The average Bonchev–Trinajstić information content (AvgIpc) is 2.71. The van der Waals surface area contributed by atoms with Crippen LogP contribution < -0.4 is 16.0 Å². The third kappa shape index (κ3) is 2.07. The molecule has 0 radical (unpaired) electrons. The Balaban J connectivity index is 1.81. The van der Waals surface area contributed by atoms with Crippen LogP contribution in [0.1, 0.15) is 18.5 Å². The third-order valence-electron chi connectivity index (χ3n) is 3.78. The van der Waals surface area contributed by atoms with Gasteiger partial charge in [0.25, 0.3) is 0 Å². The van der Waals surface area contributed by atoms with E-state index in [1.165, 1.54) is 12.8 Å². The van der Waals surface area contributed by atoms with Crippen molar-refractivity contribution in [1.29, 1.82) is 0 Å². The molecule has 2 fully saturated rings. The summed E-state index contributed by atoms with van der Waals surface area (Å²) in [6.07, 6.45) is 2.62. The second-order valence-electron chi connectivity index (χ2n) is 5.09. The monoisotopic (exact) mass is 233 g/mol. The first-order chi connectivity index (χ1) is 8.22. The smallest absolute Gasteiger partial charge is 0.222 e. The lowest BCUT2D eigenvalue weighted by molar-refractivity contribution is 0.340. The topological polar surface area (TPSA) is 67.1 Å². The lowest BCUT2D eigenvalue weighted by Crippen LogP contribution is -2.40. The molecule has 2 aliphatic heterocycles. The predicted molar refractivity (Wildman–Crippen MR) is 67.9 cm³/mol. The van der Waals surface area contributed by atoms with E-state index < -0.39 is 0 Å². The van der Waals surface area contributed by atoms with Gasteiger partial charge in [-0.25, -0.2) is 4.98 Å². The molecule has 1 aromatic rings. The molecule has 0 aromatic carbocycles. The third-order valence-corrected chi connectivity index (χ3v) is 3.78. The van der Waals surface area contributed by atoms with Gasteiger partial charge in [-0.05, 0) is 32.2 Å². The minimum Gasteiger partial charge on any atom is -0.368 e. The molecule has 3 rings (SSSR count). The summed E-state index contributed by atoms with van der Waals surface area (Å²) in [5.41, 5.74) is 6.65. The molecule has 2 atom stereocenters. The fourth-order valence-electron chi connectivity index (χ4n) is 2.97. The van der Waals surface area contributed by atoms with E-state index in [0.29, 0.717) is 12.0 Å². The zero-order chi connectivity index (χ0) is 11.8. The summed E-state index contributed by atoms with van der Waals surface area (Å²) in [6, 6.07) is 2.65. The van der Waals surface area contributed by atoms with Gasteiger partial charge in [-0.3, -0.25) is 0 Å². The number of anilines is 2. The Hall–Kier alpha value is -1.36. The number of nitrogens with two attached hydrogens (primary N) is 1. The van der Waals surface area contributed by atoms with E-state index >= 15 is 0 Å². The Labute approximate surface area is 101 Å². The van der Waals surface area contributed by atoms with E-state index in [1.54, 1.807) is 0 Å². The lowest BCUT2D eigenvalue weighted by atomic mass is 9.94. The van der Waals surface area contributed by atoms with Gasteiger partial charge in [0.05, 0.1) is 0 Å². The molecular formula is C12H19N5. The van der Waals surface area contributed by atoms with Crippen molar-refractivity contribution in [3.05, 3.63) is 11.8 Å². The molecule has 0 spiro atoms. The van der Waals surface area contributed by atoms with Gasteiger partial charge in [0.1, 0.15) is 5.82 Å². The minimum absolute atomic E-state index is 0.378. The summed E-state index contributed by atoms with van der Waals surface area (Å²) in [6.45, 7) is 5.25. The van der Waals surface area contributed by atoms with Crippen molar-refractivity contribution in [2.45, 2.75) is 25.8 Å². The molecular weight excluding hydrogens is 214 g/mol. The van der Waals surface area contributed by atoms with E-state index in [4.69, 9.17) is 5.73 Å². The van der Waals surface area contributed by atoms with Crippen LogP contribution in [0.4, 0.5) is 11.8 Å². The van der Waals surface area contributed by atoms with Crippen molar-refractivity contribution < 1.29 is 0 Å². The number of fused-ring (bicyclic) bond motifs is 1. The van der Waals surface area contributed by atoms with E-state index in [9.17, 15) is 0 Å². The summed E-state index contributed by atoms with van der Waals surface area (Å²) in [4.78, 5) is 10.8. The van der Waals surface area contributed by atoms with Crippen molar-refractivity contribution in [3.8, 4) is 0 Å². The predicted octanol–water partition coefficient (Wildman–Crippen LogP) is 0.555. The van der Waals surface area contributed by atoms with Crippen LogP contribution in [0.15, 0.2) is 6.07 Å². The first-order valence-electron chi connectivity index (χ1n) is 6.32. The molecule has 0 aliphatic carbocycles. The second-order valence-corrected chi connectivity index (χ2v) is 5.09. The first-order valence-corrected chi connectivity index (χ1v) is 6.32. The van der Waals surface area contributed by atoms with Gasteiger partial charge in [-0.15, -0.1) is 0 Å². The summed E-state index contributed by atoms with van der Waals surface area (Å²) in [5.74, 6) is 2.12. The van der Waals surface area contributed by atoms with Crippen molar-refractivity contribution in [2.24, 2.45) is 5.92 Å². The molecule has 3 N–H and O–H groups in total. The molecule has 0 unspecified atom stereocenters. The highest BCUT2D eigenvalue weighted by molar-refractivity contribution is 5.45. The maximum Gasteiger partial charge on any atom is 0.222 e. The Kier molecular flexibility index (Phi) is 2.63. The molecule has 2 aliphatic rings. The van der Waals surface area contributed by atoms with Crippen LogP contribution in [0.3, 0.4) is 0 Å². The van der Waals surface area contributed by atoms with Gasteiger partial charge in [0.15, 0.2) is 0 Å². The zero-order valence-corrected chi connectivity index (χ0v) is 10.2. The van der Waals surface area contributed by atoms with Gasteiger partial charge in [-0.2, -0.15) is 4.98 Å². The average molecular weight is 233 g/mol. The number of piperidine rings is 1. The molecule has 2 saturated heterocycles. The number of aryl methyl sites for hydroxylation is 1. The quantitative estimate of drug-likeness (QED) is 0.741. The standard InChI is InChI=1S/C12H19N5/c1-8-5-11(16-12(13)15-8)17-6-9-3-2-4-14-10(9)7-17/h5,9-10,14H,2-4,6-7H2,1H3,(H2,13,15,16)/t9-,10+/m0/s1. The number of nitrogen functional groups attached to an aromatic ring is 1. The van der Waals surface area contributed by atoms with Crippen molar-refractivity contribution >= 4 is 11.8 Å². The fourth-order valence-corrected chi connectivity index (χ4v) is 2.97. The Morgan fingerprint density at radius 2 is 2.29 bits per heavy atom.